The highest BCUT2D eigenvalue weighted by Gasteiger charge is 2.65. The summed E-state index contributed by atoms with van der Waals surface area (Å²) in [5.41, 5.74) is 0.174. The lowest BCUT2D eigenvalue weighted by Crippen LogP contribution is -2.74. The number of rotatable bonds is 7. The fourth-order valence-corrected chi connectivity index (χ4v) is 5.46. The predicted molar refractivity (Wildman–Crippen MR) is 137 cm³/mol. The molecule has 0 bridgehead atoms. The molecule has 0 spiro atoms. The van der Waals surface area contributed by atoms with Crippen LogP contribution in [-0.2, 0) is 19.1 Å². The Hall–Kier alpha value is -4.16. The van der Waals surface area contributed by atoms with Crippen molar-refractivity contribution in [3.05, 3.63) is 64.2 Å². The van der Waals surface area contributed by atoms with Crippen molar-refractivity contribution in [3.63, 3.8) is 0 Å². The van der Waals surface area contributed by atoms with E-state index in [1.807, 2.05) is 4.90 Å². The van der Waals surface area contributed by atoms with Gasteiger partial charge in [-0.2, -0.15) is 5.10 Å². The molecule has 2 aromatic rings. The lowest BCUT2D eigenvalue weighted by atomic mass is 9.79. The molecule has 2 unspecified atom stereocenters. The first-order chi connectivity index (χ1) is 18.4. The fourth-order valence-electron chi connectivity index (χ4n) is 5.46. The quantitative estimate of drug-likeness (QED) is 0.233. The number of hydrazone groups is 1. The molecule has 12 nitrogen and oxygen atoms in total. The smallest absolute Gasteiger partial charge is 0.354 e. The van der Waals surface area contributed by atoms with Crippen LogP contribution in [0.15, 0.2) is 53.6 Å². The van der Waals surface area contributed by atoms with Gasteiger partial charge in [0.1, 0.15) is 6.29 Å². The normalized spacial score (nSPS) is 23.6. The highest BCUT2D eigenvalue weighted by Crippen LogP contribution is 2.47. The molecular formula is C26H27N5O7. The third kappa shape index (κ3) is 4.11. The summed E-state index contributed by atoms with van der Waals surface area (Å²) in [6.07, 6.45) is 1.13. The van der Waals surface area contributed by atoms with Crippen LogP contribution in [0.1, 0.15) is 23.7 Å². The molecule has 38 heavy (non-hydrogen) atoms. The van der Waals surface area contributed by atoms with Crippen LogP contribution in [0.3, 0.4) is 0 Å². The minimum atomic E-state index is -1.41. The van der Waals surface area contributed by atoms with Crippen LogP contribution in [0.5, 0.6) is 0 Å². The zero-order valence-electron chi connectivity index (χ0n) is 20.8. The van der Waals surface area contributed by atoms with Crippen LogP contribution in [0, 0.1) is 16.0 Å². The number of morpholine rings is 1. The summed E-state index contributed by atoms with van der Waals surface area (Å²) in [6.45, 7) is 3.78. The number of aldehydes is 1. The van der Waals surface area contributed by atoms with Crippen molar-refractivity contribution in [2.75, 3.05) is 49.4 Å². The molecule has 3 heterocycles. The Balaban J connectivity index is 1.65. The number of benzene rings is 2. The molecule has 198 valence electrons. The van der Waals surface area contributed by atoms with Crippen molar-refractivity contribution in [1.82, 2.24) is 4.90 Å². The number of hydrogen-bond acceptors (Lipinski definition) is 10. The summed E-state index contributed by atoms with van der Waals surface area (Å²) in [5.74, 6) is -1.50. The van der Waals surface area contributed by atoms with Crippen LogP contribution >= 0.6 is 0 Å². The van der Waals surface area contributed by atoms with Gasteiger partial charge in [0, 0.05) is 43.0 Å². The molecule has 2 aromatic carbocycles. The fraction of sp³-hybridized carbons (Fsp3) is 0.385. The van der Waals surface area contributed by atoms with Crippen LogP contribution < -0.4 is 9.91 Å². The topological polar surface area (TPSA) is 135 Å². The second-order valence-corrected chi connectivity index (χ2v) is 9.12. The van der Waals surface area contributed by atoms with E-state index < -0.39 is 22.5 Å². The molecule has 2 atom stereocenters. The first kappa shape index (κ1) is 25.5. The van der Waals surface area contributed by atoms with Crippen molar-refractivity contribution in [2.24, 2.45) is 11.0 Å². The number of nitro groups is 1. The number of esters is 1. The number of anilines is 2. The molecule has 0 aliphatic carbocycles. The molecule has 1 amide bonds. The van der Waals surface area contributed by atoms with Crippen molar-refractivity contribution in [2.45, 2.75) is 19.0 Å². The highest BCUT2D eigenvalue weighted by atomic mass is 16.6. The maximum Gasteiger partial charge on any atom is 0.354 e. The summed E-state index contributed by atoms with van der Waals surface area (Å²) in [7, 11) is 0. The first-order valence-corrected chi connectivity index (χ1v) is 12.4. The average molecular weight is 522 g/mol. The van der Waals surface area contributed by atoms with Crippen molar-refractivity contribution >= 4 is 40.9 Å². The van der Waals surface area contributed by atoms with Crippen molar-refractivity contribution in [3.8, 4) is 0 Å². The molecule has 3 aliphatic heterocycles. The number of hydrogen-bond donors (Lipinski definition) is 0. The van der Waals surface area contributed by atoms with Crippen molar-refractivity contribution < 1.29 is 28.8 Å². The summed E-state index contributed by atoms with van der Waals surface area (Å²) in [4.78, 5) is 53.3. The van der Waals surface area contributed by atoms with E-state index in [2.05, 4.69) is 0 Å². The van der Waals surface area contributed by atoms with E-state index >= 15 is 0 Å². The summed E-state index contributed by atoms with van der Waals surface area (Å²) in [6, 6.07) is 12.5. The van der Waals surface area contributed by atoms with E-state index in [1.165, 1.54) is 12.1 Å². The molecule has 12 heteroatoms. The zero-order valence-corrected chi connectivity index (χ0v) is 20.8. The van der Waals surface area contributed by atoms with Gasteiger partial charge in [0.25, 0.3) is 11.6 Å². The number of fused-ring (bicyclic) bond motifs is 1. The number of nitro benzene ring substituents is 1. The number of carbonyl (C=O) groups excluding carboxylic acids is 3. The van der Waals surface area contributed by atoms with Gasteiger partial charge in [-0.15, -0.1) is 0 Å². The molecule has 0 N–H and O–H groups in total. The Kier molecular flexibility index (Phi) is 6.91. The lowest BCUT2D eigenvalue weighted by molar-refractivity contribution is -0.384. The maximum atomic E-state index is 14.7. The van der Waals surface area contributed by atoms with Gasteiger partial charge in [0.2, 0.25) is 5.66 Å². The zero-order chi connectivity index (χ0) is 26.9. The largest absolute Gasteiger partial charge is 0.461 e. The first-order valence-electron chi connectivity index (χ1n) is 12.4. The van der Waals surface area contributed by atoms with Gasteiger partial charge in [-0.3, -0.25) is 24.6 Å². The van der Waals surface area contributed by atoms with E-state index in [9.17, 15) is 24.5 Å². The third-order valence-electron chi connectivity index (χ3n) is 7.17. The Labute approximate surface area is 218 Å². The second kappa shape index (κ2) is 10.3. The highest BCUT2D eigenvalue weighted by molar-refractivity contribution is 6.40. The molecule has 5 rings (SSSR count). The number of nitrogens with zero attached hydrogens (tertiary/aromatic N) is 5. The van der Waals surface area contributed by atoms with E-state index in [1.54, 1.807) is 53.2 Å². The Morgan fingerprint density at radius 2 is 1.79 bits per heavy atom. The van der Waals surface area contributed by atoms with Crippen LogP contribution in [0.25, 0.3) is 0 Å². The van der Waals surface area contributed by atoms with E-state index in [-0.39, 0.29) is 30.5 Å². The maximum absolute atomic E-state index is 14.7. The Morgan fingerprint density at radius 3 is 2.39 bits per heavy atom. The molecule has 3 aliphatic rings. The standard InChI is InChI=1S/C26H27N5O7/c1-2-38-24(33)23-22-11-12-29(19-7-9-21(10-8-19)31(35)36)25(34)26(22,28-13-15-37-16-14-28)30(27-23)20-5-3-18(17-32)4-6-20/h3-10,17,22H,2,11-16H2,1H3. The minimum Gasteiger partial charge on any atom is -0.461 e. The third-order valence-corrected chi connectivity index (χ3v) is 7.17. The van der Waals surface area contributed by atoms with Crippen LogP contribution in [0.4, 0.5) is 17.1 Å². The SMILES string of the molecule is CCOC(=O)C1=NN(c2ccc(C=O)cc2)C2(N3CCOCC3)C(=O)N(c3ccc([N+](=O)[O-])cc3)CCC12. The Bertz CT molecular complexity index is 1270. The number of piperidine rings is 1. The molecule has 0 aromatic heterocycles. The van der Waals surface area contributed by atoms with Gasteiger partial charge in [-0.05, 0) is 49.7 Å². The van der Waals surface area contributed by atoms with E-state index in [0.717, 1.165) is 6.29 Å². The van der Waals surface area contributed by atoms with Crippen molar-refractivity contribution in [1.29, 1.82) is 0 Å². The minimum absolute atomic E-state index is 0.0790. The molecular weight excluding hydrogens is 494 g/mol. The molecule has 2 saturated heterocycles. The van der Waals surface area contributed by atoms with Crippen LogP contribution in [0.2, 0.25) is 0 Å². The number of ether oxygens (including phenoxy) is 2. The number of carbonyl (C=O) groups is 3. The lowest BCUT2D eigenvalue weighted by Gasteiger charge is -2.53. The summed E-state index contributed by atoms with van der Waals surface area (Å²) >= 11 is 0. The Morgan fingerprint density at radius 1 is 1.13 bits per heavy atom. The monoisotopic (exact) mass is 521 g/mol. The predicted octanol–water partition coefficient (Wildman–Crippen LogP) is 2.23. The average Bonchev–Trinajstić information content (AvgIpc) is 3.31. The van der Waals surface area contributed by atoms with Gasteiger partial charge in [-0.1, -0.05) is 0 Å². The van der Waals surface area contributed by atoms with Gasteiger partial charge in [0.15, 0.2) is 5.71 Å². The molecule has 0 radical (unpaired) electrons. The van der Waals surface area contributed by atoms with Gasteiger partial charge >= 0.3 is 5.97 Å². The summed E-state index contributed by atoms with van der Waals surface area (Å²) in [5, 5.41) is 17.5. The second-order valence-electron chi connectivity index (χ2n) is 9.12. The molecule has 2 fully saturated rings. The van der Waals surface area contributed by atoms with Crippen LogP contribution in [-0.4, -0.2) is 78.8 Å². The number of non-ortho nitro benzene ring substituents is 1. The van der Waals surface area contributed by atoms with E-state index in [0.29, 0.717) is 49.7 Å². The number of amides is 1. The summed E-state index contributed by atoms with van der Waals surface area (Å²) < 4.78 is 10.9. The van der Waals surface area contributed by atoms with E-state index in [4.69, 9.17) is 14.6 Å². The molecule has 0 saturated carbocycles. The van der Waals surface area contributed by atoms with Gasteiger partial charge < -0.3 is 14.4 Å². The van der Waals surface area contributed by atoms with Gasteiger partial charge in [0.05, 0.1) is 36.3 Å². The van der Waals surface area contributed by atoms with Gasteiger partial charge in [-0.25, -0.2) is 9.80 Å².